The molecule has 1 aromatic rings. The van der Waals surface area contributed by atoms with Crippen LogP contribution in [-0.4, -0.2) is 18.1 Å². The van der Waals surface area contributed by atoms with E-state index >= 15 is 0 Å². The molecule has 0 saturated heterocycles. The van der Waals surface area contributed by atoms with Gasteiger partial charge in [-0.15, -0.1) is 0 Å². The van der Waals surface area contributed by atoms with Crippen molar-refractivity contribution in [3.63, 3.8) is 0 Å². The molecule has 18 heavy (non-hydrogen) atoms. The smallest absolute Gasteiger partial charge is 0.213 e. The maximum absolute atomic E-state index is 5.33. The number of hydrogen-bond donors (Lipinski definition) is 1. The fourth-order valence-electron chi connectivity index (χ4n) is 2.55. The Morgan fingerprint density at radius 1 is 1.22 bits per heavy atom. The second kappa shape index (κ2) is 7.24. The maximum Gasteiger partial charge on any atom is 0.213 e. The van der Waals surface area contributed by atoms with E-state index in [9.17, 15) is 0 Å². The molecule has 0 amide bonds. The molecule has 1 fully saturated rings. The third-order valence-corrected chi connectivity index (χ3v) is 3.60. The van der Waals surface area contributed by atoms with Crippen LogP contribution in [0.2, 0.25) is 0 Å². The van der Waals surface area contributed by atoms with E-state index in [1.807, 2.05) is 19.2 Å². The number of nitrogens with one attached hydrogen (secondary N) is 1. The monoisotopic (exact) mass is 248 g/mol. The van der Waals surface area contributed by atoms with Crippen LogP contribution in [-0.2, 0) is 0 Å². The van der Waals surface area contributed by atoms with Crippen molar-refractivity contribution < 1.29 is 4.74 Å². The van der Waals surface area contributed by atoms with Gasteiger partial charge in [0.25, 0.3) is 0 Å². The molecule has 0 aromatic carbocycles. The molecule has 3 heteroatoms. The van der Waals surface area contributed by atoms with Crippen molar-refractivity contribution in [3.8, 4) is 5.88 Å². The largest absolute Gasteiger partial charge is 0.478 e. The van der Waals surface area contributed by atoms with Crippen LogP contribution in [0.25, 0.3) is 0 Å². The predicted octanol–water partition coefficient (Wildman–Crippen LogP) is 3.86. The molecule has 0 atom stereocenters. The van der Waals surface area contributed by atoms with Gasteiger partial charge in [0.1, 0.15) is 0 Å². The number of hydrogen-bond acceptors (Lipinski definition) is 3. The highest BCUT2D eigenvalue weighted by Gasteiger charge is 2.11. The molecule has 3 nitrogen and oxygen atoms in total. The molecule has 1 heterocycles. The first-order chi connectivity index (χ1) is 8.88. The average Bonchev–Trinajstić information content (AvgIpc) is 2.67. The van der Waals surface area contributed by atoms with Crippen LogP contribution in [0.4, 0.5) is 5.69 Å². The highest BCUT2D eigenvalue weighted by molar-refractivity contribution is 5.41. The summed E-state index contributed by atoms with van der Waals surface area (Å²) >= 11 is 0. The van der Waals surface area contributed by atoms with E-state index in [2.05, 4.69) is 16.4 Å². The minimum atomic E-state index is 0.669. The molecular formula is C15H24N2O. The Morgan fingerprint density at radius 2 is 2.00 bits per heavy atom. The first-order valence-corrected chi connectivity index (χ1v) is 7.21. The molecule has 1 aliphatic rings. The molecule has 1 saturated carbocycles. The molecule has 0 unspecified atom stereocenters. The zero-order valence-corrected chi connectivity index (χ0v) is 11.3. The first-order valence-electron chi connectivity index (χ1n) is 7.21. The zero-order valence-electron chi connectivity index (χ0n) is 11.3. The van der Waals surface area contributed by atoms with Crippen LogP contribution in [0.1, 0.15) is 45.4 Å². The Labute approximate surface area is 110 Å². The fraction of sp³-hybridized carbons (Fsp3) is 0.667. The van der Waals surface area contributed by atoms with Gasteiger partial charge in [0, 0.05) is 12.6 Å². The summed E-state index contributed by atoms with van der Waals surface area (Å²) in [6, 6.07) is 3.98. The van der Waals surface area contributed by atoms with Gasteiger partial charge in [-0.2, -0.15) is 0 Å². The van der Waals surface area contributed by atoms with Gasteiger partial charge in [-0.05, 0) is 31.7 Å². The first kappa shape index (κ1) is 13.2. The quantitative estimate of drug-likeness (QED) is 0.803. The third-order valence-electron chi connectivity index (χ3n) is 3.60. The number of pyridine rings is 1. The van der Waals surface area contributed by atoms with Gasteiger partial charge in [0.2, 0.25) is 5.88 Å². The predicted molar refractivity (Wildman–Crippen MR) is 75.1 cm³/mol. The Morgan fingerprint density at radius 3 is 2.61 bits per heavy atom. The topological polar surface area (TPSA) is 34.1 Å². The molecule has 0 radical (unpaired) electrons. The normalized spacial score (nSPS) is 17.2. The summed E-state index contributed by atoms with van der Waals surface area (Å²) in [5.74, 6) is 1.54. The van der Waals surface area contributed by atoms with Gasteiger partial charge < -0.3 is 10.1 Å². The Hall–Kier alpha value is -1.25. The van der Waals surface area contributed by atoms with Crippen LogP contribution >= 0.6 is 0 Å². The van der Waals surface area contributed by atoms with E-state index in [0.29, 0.717) is 12.5 Å². The van der Waals surface area contributed by atoms with Gasteiger partial charge >= 0.3 is 0 Å². The second-order valence-electron chi connectivity index (χ2n) is 5.06. The van der Waals surface area contributed by atoms with Crippen molar-refractivity contribution in [2.24, 2.45) is 5.92 Å². The number of ether oxygens (including phenoxy) is 1. The summed E-state index contributed by atoms with van der Waals surface area (Å²) in [5, 5.41) is 3.49. The lowest BCUT2D eigenvalue weighted by Gasteiger charge is -2.15. The summed E-state index contributed by atoms with van der Waals surface area (Å²) in [6.45, 7) is 3.72. The van der Waals surface area contributed by atoms with Crippen molar-refractivity contribution >= 4 is 5.69 Å². The van der Waals surface area contributed by atoms with Crippen LogP contribution in [0, 0.1) is 5.92 Å². The third kappa shape index (κ3) is 4.21. The van der Waals surface area contributed by atoms with Crippen LogP contribution in [0.3, 0.4) is 0 Å². The van der Waals surface area contributed by atoms with Gasteiger partial charge in [-0.25, -0.2) is 4.98 Å². The molecule has 1 aliphatic carbocycles. The average molecular weight is 248 g/mol. The molecule has 0 spiro atoms. The highest BCUT2D eigenvalue weighted by Crippen LogP contribution is 2.23. The minimum absolute atomic E-state index is 0.669. The lowest BCUT2D eigenvalue weighted by atomic mass is 10.0. The maximum atomic E-state index is 5.33. The van der Waals surface area contributed by atoms with Crippen LogP contribution in [0.5, 0.6) is 5.88 Å². The molecular weight excluding hydrogens is 224 g/mol. The lowest BCUT2D eigenvalue weighted by molar-refractivity contribution is 0.327. The van der Waals surface area contributed by atoms with Gasteiger partial charge in [-0.3, -0.25) is 0 Å². The zero-order chi connectivity index (χ0) is 12.6. The van der Waals surface area contributed by atoms with Crippen molar-refractivity contribution in [1.82, 2.24) is 4.98 Å². The minimum Gasteiger partial charge on any atom is -0.478 e. The molecule has 0 bridgehead atoms. The van der Waals surface area contributed by atoms with E-state index in [-0.39, 0.29) is 0 Å². The van der Waals surface area contributed by atoms with E-state index in [4.69, 9.17) is 4.74 Å². The lowest BCUT2D eigenvalue weighted by Crippen LogP contribution is -2.13. The van der Waals surface area contributed by atoms with Crippen molar-refractivity contribution in [2.45, 2.75) is 45.4 Å². The van der Waals surface area contributed by atoms with Crippen molar-refractivity contribution in [2.75, 3.05) is 18.5 Å². The highest BCUT2D eigenvalue weighted by atomic mass is 16.5. The summed E-state index contributed by atoms with van der Waals surface area (Å²) in [6.07, 6.45) is 10.2. The van der Waals surface area contributed by atoms with Gasteiger partial charge in [0.05, 0.1) is 18.5 Å². The van der Waals surface area contributed by atoms with Crippen LogP contribution in [0.15, 0.2) is 18.3 Å². The summed E-state index contributed by atoms with van der Waals surface area (Å²) in [4.78, 5) is 4.27. The number of nitrogens with zero attached hydrogens (tertiary/aromatic N) is 1. The van der Waals surface area contributed by atoms with Crippen molar-refractivity contribution in [3.05, 3.63) is 18.3 Å². The van der Waals surface area contributed by atoms with Crippen molar-refractivity contribution in [1.29, 1.82) is 0 Å². The number of rotatable bonds is 5. The molecule has 2 rings (SSSR count). The van der Waals surface area contributed by atoms with E-state index < -0.39 is 0 Å². The van der Waals surface area contributed by atoms with E-state index in [1.165, 1.54) is 38.5 Å². The second-order valence-corrected chi connectivity index (χ2v) is 5.06. The van der Waals surface area contributed by atoms with Crippen LogP contribution < -0.4 is 10.1 Å². The Kier molecular flexibility index (Phi) is 5.31. The van der Waals surface area contributed by atoms with E-state index in [1.54, 1.807) is 0 Å². The van der Waals surface area contributed by atoms with E-state index in [0.717, 1.165) is 18.2 Å². The molecule has 100 valence electrons. The Bertz CT molecular complexity index is 329. The summed E-state index contributed by atoms with van der Waals surface area (Å²) in [5.41, 5.74) is 1.10. The fourth-order valence-corrected chi connectivity index (χ4v) is 2.55. The number of anilines is 1. The number of aromatic nitrogens is 1. The molecule has 1 N–H and O–H groups in total. The summed E-state index contributed by atoms with van der Waals surface area (Å²) in [7, 11) is 0. The van der Waals surface area contributed by atoms with Gasteiger partial charge in [-0.1, -0.05) is 25.7 Å². The molecule has 1 aromatic heterocycles. The summed E-state index contributed by atoms with van der Waals surface area (Å²) < 4.78 is 5.33. The van der Waals surface area contributed by atoms with Gasteiger partial charge in [0.15, 0.2) is 0 Å². The molecule has 0 aliphatic heterocycles. The Balaban J connectivity index is 1.78. The standard InChI is InChI=1S/C15H24N2O/c1-2-18-15-10-9-14(12-17-15)16-11-13-7-5-3-4-6-8-13/h9-10,12-13,16H,2-8,11H2,1H3. The SMILES string of the molecule is CCOc1ccc(NCC2CCCCCC2)cn1.